The molecule has 3 N–H and O–H groups in total. The Balaban J connectivity index is 1.61. The van der Waals surface area contributed by atoms with Crippen molar-refractivity contribution in [3.63, 3.8) is 0 Å². The minimum Gasteiger partial charge on any atom is -0.457 e. The lowest BCUT2D eigenvalue weighted by atomic mass is 9.97. The van der Waals surface area contributed by atoms with Gasteiger partial charge in [-0.3, -0.25) is 19.3 Å². The minimum atomic E-state index is -1.51. The second-order valence-electron chi connectivity index (χ2n) is 10.8. The van der Waals surface area contributed by atoms with Crippen molar-refractivity contribution < 1.29 is 28.7 Å². The number of aromatic nitrogens is 1. The van der Waals surface area contributed by atoms with Crippen molar-refractivity contribution in [2.75, 3.05) is 18.9 Å². The zero-order valence-electron chi connectivity index (χ0n) is 20.8. The van der Waals surface area contributed by atoms with Crippen molar-refractivity contribution in [1.82, 2.24) is 14.8 Å². The predicted molar refractivity (Wildman–Crippen MR) is 125 cm³/mol. The summed E-state index contributed by atoms with van der Waals surface area (Å²) in [4.78, 5) is 59.0. The Kier molecular flexibility index (Phi) is 6.14. The van der Waals surface area contributed by atoms with E-state index < -0.39 is 47.1 Å². The second-order valence-corrected chi connectivity index (χ2v) is 10.8. The number of amides is 4. The summed E-state index contributed by atoms with van der Waals surface area (Å²) in [6.45, 7) is 6.89. The molecule has 3 heterocycles. The van der Waals surface area contributed by atoms with E-state index in [4.69, 9.17) is 15.2 Å². The molecule has 3 aliphatic rings. The first-order chi connectivity index (χ1) is 16.3. The smallest absolute Gasteiger partial charge is 0.410 e. The number of rotatable bonds is 5. The molecular weight excluding hydrogens is 454 g/mol. The Morgan fingerprint density at radius 2 is 2.06 bits per heavy atom. The molecule has 1 aromatic rings. The van der Waals surface area contributed by atoms with Gasteiger partial charge in [0.1, 0.15) is 23.4 Å². The van der Waals surface area contributed by atoms with E-state index in [0.29, 0.717) is 18.0 Å². The molecule has 0 bridgehead atoms. The number of hydrogen-bond donors (Lipinski definition) is 2. The van der Waals surface area contributed by atoms with Crippen molar-refractivity contribution >= 4 is 29.5 Å². The van der Waals surface area contributed by atoms with Crippen LogP contribution in [0.3, 0.4) is 0 Å². The molecule has 1 aliphatic carbocycles. The highest BCUT2D eigenvalue weighted by molar-refractivity contribution is 6.03. The number of nitrogens with zero attached hydrogens (tertiary/aromatic N) is 3. The van der Waals surface area contributed by atoms with Crippen LogP contribution >= 0.6 is 0 Å². The van der Waals surface area contributed by atoms with Gasteiger partial charge in [0, 0.05) is 19.7 Å². The molecule has 3 atom stereocenters. The summed E-state index contributed by atoms with van der Waals surface area (Å²) < 4.78 is 11.5. The number of nitrogens with one attached hydrogen (secondary N) is 1. The van der Waals surface area contributed by atoms with Gasteiger partial charge < -0.3 is 25.4 Å². The fourth-order valence-corrected chi connectivity index (χ4v) is 4.54. The number of ether oxygens (including phenoxy) is 2. The average molecular weight is 488 g/mol. The van der Waals surface area contributed by atoms with Crippen LogP contribution in [0, 0.1) is 12.8 Å². The minimum absolute atomic E-state index is 0.110. The molecule has 1 spiro atoms. The van der Waals surface area contributed by atoms with Crippen molar-refractivity contribution in [3.05, 3.63) is 17.8 Å². The van der Waals surface area contributed by atoms with Gasteiger partial charge in [-0.1, -0.05) is 12.8 Å². The molecule has 0 radical (unpaired) electrons. The number of likely N-dealkylation sites (tertiary alicyclic amines) is 1. The molecule has 1 saturated heterocycles. The molecular formula is C24H33N5O6. The fraction of sp³-hybridized carbons (Fsp3) is 0.625. The van der Waals surface area contributed by atoms with Gasteiger partial charge >= 0.3 is 6.09 Å². The first kappa shape index (κ1) is 24.7. The van der Waals surface area contributed by atoms with Crippen molar-refractivity contribution in [3.8, 4) is 5.88 Å². The van der Waals surface area contributed by atoms with Crippen LogP contribution in [0.15, 0.2) is 12.3 Å². The highest BCUT2D eigenvalue weighted by atomic mass is 16.6. The number of pyridine rings is 1. The summed E-state index contributed by atoms with van der Waals surface area (Å²) in [5, 5.41) is 2.79. The summed E-state index contributed by atoms with van der Waals surface area (Å²) >= 11 is 0. The van der Waals surface area contributed by atoms with Crippen molar-refractivity contribution in [1.29, 1.82) is 0 Å². The molecule has 11 nitrogen and oxygen atoms in total. The lowest BCUT2D eigenvalue weighted by Gasteiger charge is -2.35. The summed E-state index contributed by atoms with van der Waals surface area (Å²) in [7, 11) is 1.51. The zero-order valence-corrected chi connectivity index (χ0v) is 20.8. The summed E-state index contributed by atoms with van der Waals surface area (Å²) in [5.41, 5.74) is 4.69. The average Bonchev–Trinajstić information content (AvgIpc) is 3.49. The number of nitrogens with two attached hydrogens (primary N) is 1. The van der Waals surface area contributed by atoms with Crippen molar-refractivity contribution in [2.24, 2.45) is 11.7 Å². The largest absolute Gasteiger partial charge is 0.457 e. The Morgan fingerprint density at radius 3 is 2.66 bits per heavy atom. The van der Waals surface area contributed by atoms with Crippen LogP contribution in [0.2, 0.25) is 0 Å². The number of fused-ring (bicyclic) bond motifs is 1. The normalized spacial score (nSPS) is 24.3. The van der Waals surface area contributed by atoms with Gasteiger partial charge in [-0.15, -0.1) is 0 Å². The van der Waals surface area contributed by atoms with Crippen LogP contribution in [-0.4, -0.2) is 75.5 Å². The molecule has 0 unspecified atom stereocenters. The number of carbonyl (C=O) groups excluding carboxylic acids is 4. The molecule has 35 heavy (non-hydrogen) atoms. The van der Waals surface area contributed by atoms with E-state index in [1.807, 2.05) is 6.92 Å². The topological polar surface area (TPSA) is 144 Å². The summed E-state index contributed by atoms with van der Waals surface area (Å²) in [6.07, 6.45) is 3.21. The van der Waals surface area contributed by atoms with Gasteiger partial charge in [0.2, 0.25) is 23.3 Å². The van der Waals surface area contributed by atoms with Crippen LogP contribution in [-0.2, 0) is 19.1 Å². The van der Waals surface area contributed by atoms with E-state index in [1.165, 1.54) is 16.8 Å². The van der Waals surface area contributed by atoms with E-state index in [0.717, 1.165) is 18.4 Å². The maximum absolute atomic E-state index is 13.8. The standard InChI is InChI=1S/C24H33N5O6/c1-13-8-15-19(26-11-13)34-24(21(32)27-15)10-17(18(25)30)29(12-24)20(31)16(9-14-6-7-14)28(5)22(33)35-23(2,3)4/h8,11,14,16-17H,6-7,9-10,12H2,1-5H3,(H2,25,30)(H,27,32)/t16-,17-,24-/m0/s1. The first-order valence-electron chi connectivity index (χ1n) is 11.8. The van der Waals surface area contributed by atoms with Crippen LogP contribution < -0.4 is 15.8 Å². The Bertz CT molecular complexity index is 1060. The van der Waals surface area contributed by atoms with Crippen LogP contribution in [0.5, 0.6) is 5.88 Å². The van der Waals surface area contributed by atoms with Crippen LogP contribution in [0.4, 0.5) is 10.5 Å². The third kappa shape index (κ3) is 5.03. The van der Waals surface area contributed by atoms with Crippen molar-refractivity contribution in [2.45, 2.75) is 76.7 Å². The summed E-state index contributed by atoms with van der Waals surface area (Å²) in [6, 6.07) is -0.207. The molecule has 0 aromatic carbocycles. The molecule has 4 amide bonds. The quantitative estimate of drug-likeness (QED) is 0.641. The van der Waals surface area contributed by atoms with E-state index >= 15 is 0 Å². The number of primary amides is 1. The SMILES string of the molecule is Cc1cnc2c(c1)NC(=O)[C@@]1(C[C@@H](C(N)=O)N(C(=O)[C@H](CC3CC3)N(C)C(=O)OC(C)(C)C)C1)O2. The molecule has 190 valence electrons. The Morgan fingerprint density at radius 1 is 1.37 bits per heavy atom. The number of anilines is 1. The lowest BCUT2D eigenvalue weighted by molar-refractivity contribution is -0.142. The highest BCUT2D eigenvalue weighted by Crippen LogP contribution is 2.41. The van der Waals surface area contributed by atoms with Gasteiger partial charge in [-0.2, -0.15) is 0 Å². The second kappa shape index (κ2) is 8.69. The molecule has 1 saturated carbocycles. The van der Waals surface area contributed by atoms with E-state index in [9.17, 15) is 19.2 Å². The molecule has 2 fully saturated rings. The monoisotopic (exact) mass is 487 g/mol. The Hall–Kier alpha value is -3.37. The van der Waals surface area contributed by atoms with E-state index in [1.54, 1.807) is 33.0 Å². The molecule has 4 rings (SSSR count). The number of carbonyl (C=O) groups is 4. The Labute approximate surface area is 204 Å². The first-order valence-corrected chi connectivity index (χ1v) is 11.8. The van der Waals surface area contributed by atoms with E-state index in [-0.39, 0.29) is 18.8 Å². The maximum Gasteiger partial charge on any atom is 0.410 e. The van der Waals surface area contributed by atoms with Gasteiger partial charge in [0.25, 0.3) is 5.91 Å². The van der Waals surface area contributed by atoms with Gasteiger partial charge in [-0.05, 0) is 51.7 Å². The number of likely N-dealkylation sites (N-methyl/N-ethyl adjacent to an activating group) is 1. The lowest BCUT2D eigenvalue weighted by Crippen LogP contribution is -2.56. The van der Waals surface area contributed by atoms with E-state index in [2.05, 4.69) is 10.3 Å². The predicted octanol–water partition coefficient (Wildman–Crippen LogP) is 1.58. The van der Waals surface area contributed by atoms with Crippen LogP contribution in [0.1, 0.15) is 52.0 Å². The highest BCUT2D eigenvalue weighted by Gasteiger charge is 2.58. The number of hydrogen-bond acceptors (Lipinski definition) is 7. The van der Waals surface area contributed by atoms with Gasteiger partial charge in [0.05, 0.1) is 6.54 Å². The fourth-order valence-electron chi connectivity index (χ4n) is 4.54. The molecule has 11 heteroatoms. The van der Waals surface area contributed by atoms with Gasteiger partial charge in [-0.25, -0.2) is 9.78 Å². The van der Waals surface area contributed by atoms with Crippen LogP contribution in [0.25, 0.3) is 0 Å². The molecule has 1 aromatic heterocycles. The summed E-state index contributed by atoms with van der Waals surface area (Å²) in [5.74, 6) is -1.18. The molecule has 2 aliphatic heterocycles. The third-order valence-corrected chi connectivity index (χ3v) is 6.57. The number of aryl methyl sites for hydroxylation is 1. The third-order valence-electron chi connectivity index (χ3n) is 6.57. The zero-order chi connectivity index (χ0) is 25.7. The maximum atomic E-state index is 13.8. The van der Waals surface area contributed by atoms with Gasteiger partial charge in [0.15, 0.2) is 0 Å².